The van der Waals surface area contributed by atoms with Gasteiger partial charge in [0.15, 0.2) is 0 Å². The molecule has 1 N–H and O–H groups in total. The third kappa shape index (κ3) is 2.41. The van der Waals surface area contributed by atoms with Crippen molar-refractivity contribution in [2.45, 2.75) is 32.1 Å². The molecular formula is C16H16N2O2. The summed E-state index contributed by atoms with van der Waals surface area (Å²) in [4.78, 5) is 22.4. The molecule has 0 atom stereocenters. The molecule has 102 valence electrons. The first-order chi connectivity index (χ1) is 9.78. The van der Waals surface area contributed by atoms with Crippen LogP contribution in [0.1, 0.15) is 45.6 Å². The lowest BCUT2D eigenvalue weighted by Crippen LogP contribution is -2.23. The van der Waals surface area contributed by atoms with Crippen LogP contribution in [0.3, 0.4) is 0 Å². The maximum Gasteiger partial charge on any atom is 0.267 e. The van der Waals surface area contributed by atoms with E-state index in [0.717, 1.165) is 54.4 Å². The van der Waals surface area contributed by atoms with Gasteiger partial charge < -0.3 is 0 Å². The highest BCUT2D eigenvalue weighted by Gasteiger charge is 2.17. The molecule has 0 amide bonds. The van der Waals surface area contributed by atoms with Gasteiger partial charge in [0.05, 0.1) is 5.69 Å². The van der Waals surface area contributed by atoms with E-state index in [9.17, 15) is 9.59 Å². The van der Waals surface area contributed by atoms with E-state index in [-0.39, 0.29) is 5.56 Å². The van der Waals surface area contributed by atoms with E-state index in [1.165, 1.54) is 0 Å². The lowest BCUT2D eigenvalue weighted by atomic mass is 9.90. The number of aldehydes is 1. The van der Waals surface area contributed by atoms with Gasteiger partial charge in [-0.2, -0.15) is 5.10 Å². The second kappa shape index (κ2) is 5.41. The van der Waals surface area contributed by atoms with Gasteiger partial charge in [-0.15, -0.1) is 0 Å². The Morgan fingerprint density at radius 2 is 1.80 bits per heavy atom. The highest BCUT2D eigenvalue weighted by molar-refractivity contribution is 5.74. The SMILES string of the molecule is O=Cc1ccc(Cc2n[nH]c(=O)c3c2CCCC3)cc1. The van der Waals surface area contributed by atoms with Crippen molar-refractivity contribution in [3.63, 3.8) is 0 Å². The molecule has 0 fully saturated rings. The smallest absolute Gasteiger partial charge is 0.267 e. The summed E-state index contributed by atoms with van der Waals surface area (Å²) < 4.78 is 0. The number of rotatable bonds is 3. The van der Waals surface area contributed by atoms with Crippen LogP contribution in [0.15, 0.2) is 29.1 Å². The largest absolute Gasteiger partial charge is 0.298 e. The van der Waals surface area contributed by atoms with E-state index in [1.54, 1.807) is 12.1 Å². The molecule has 1 heterocycles. The van der Waals surface area contributed by atoms with Gasteiger partial charge >= 0.3 is 0 Å². The van der Waals surface area contributed by atoms with Gasteiger partial charge in [0.25, 0.3) is 5.56 Å². The van der Waals surface area contributed by atoms with E-state index in [1.807, 2.05) is 12.1 Å². The molecule has 0 aliphatic heterocycles. The fourth-order valence-corrected chi connectivity index (χ4v) is 2.78. The molecule has 4 nitrogen and oxygen atoms in total. The van der Waals surface area contributed by atoms with Crippen molar-refractivity contribution in [2.75, 3.05) is 0 Å². The summed E-state index contributed by atoms with van der Waals surface area (Å²) in [5.74, 6) is 0. The van der Waals surface area contributed by atoms with Crippen LogP contribution in [-0.4, -0.2) is 16.5 Å². The first-order valence-electron chi connectivity index (χ1n) is 6.91. The van der Waals surface area contributed by atoms with Gasteiger partial charge in [-0.1, -0.05) is 24.3 Å². The molecule has 0 unspecified atom stereocenters. The first kappa shape index (κ1) is 12.8. The first-order valence-corrected chi connectivity index (χ1v) is 6.91. The average molecular weight is 268 g/mol. The lowest BCUT2D eigenvalue weighted by Gasteiger charge is -2.17. The summed E-state index contributed by atoms with van der Waals surface area (Å²) in [6, 6.07) is 7.48. The van der Waals surface area contributed by atoms with Crippen LogP contribution in [-0.2, 0) is 19.3 Å². The standard InChI is InChI=1S/C16H16N2O2/c19-10-12-7-5-11(6-8-12)9-15-13-3-1-2-4-14(13)16(20)18-17-15/h5-8,10H,1-4,9H2,(H,18,20). The molecular weight excluding hydrogens is 252 g/mol. The number of nitrogens with one attached hydrogen (secondary N) is 1. The maximum atomic E-state index is 11.8. The van der Waals surface area contributed by atoms with Crippen LogP contribution < -0.4 is 5.56 Å². The predicted molar refractivity (Wildman–Crippen MR) is 76.1 cm³/mol. The number of carbonyl (C=O) groups excluding carboxylic acids is 1. The predicted octanol–water partition coefficient (Wildman–Crippen LogP) is 2.05. The Balaban J connectivity index is 1.94. The number of fused-ring (bicyclic) bond motifs is 1. The van der Waals surface area contributed by atoms with Crippen LogP contribution in [0.25, 0.3) is 0 Å². The summed E-state index contributed by atoms with van der Waals surface area (Å²) in [7, 11) is 0. The van der Waals surface area contributed by atoms with E-state index >= 15 is 0 Å². The van der Waals surface area contributed by atoms with Crippen molar-refractivity contribution >= 4 is 6.29 Å². The molecule has 20 heavy (non-hydrogen) atoms. The van der Waals surface area contributed by atoms with Gasteiger partial charge in [-0.3, -0.25) is 9.59 Å². The number of aromatic amines is 1. The van der Waals surface area contributed by atoms with Gasteiger partial charge in [0, 0.05) is 17.5 Å². The quantitative estimate of drug-likeness (QED) is 0.867. The Kier molecular flexibility index (Phi) is 3.46. The zero-order valence-electron chi connectivity index (χ0n) is 11.2. The molecule has 1 aliphatic carbocycles. The van der Waals surface area contributed by atoms with E-state index in [4.69, 9.17) is 0 Å². The van der Waals surface area contributed by atoms with Crippen molar-refractivity contribution in [1.82, 2.24) is 10.2 Å². The topological polar surface area (TPSA) is 62.8 Å². The summed E-state index contributed by atoms with van der Waals surface area (Å²) in [6.07, 6.45) is 5.52. The Hall–Kier alpha value is -2.23. The third-order valence-electron chi connectivity index (χ3n) is 3.87. The van der Waals surface area contributed by atoms with Crippen molar-refractivity contribution in [3.05, 3.63) is 62.6 Å². The van der Waals surface area contributed by atoms with Crippen molar-refractivity contribution in [3.8, 4) is 0 Å². The molecule has 1 aromatic heterocycles. The minimum Gasteiger partial charge on any atom is -0.298 e. The number of hydrogen-bond donors (Lipinski definition) is 1. The van der Waals surface area contributed by atoms with Crippen molar-refractivity contribution in [2.24, 2.45) is 0 Å². The van der Waals surface area contributed by atoms with Gasteiger partial charge in [0.2, 0.25) is 0 Å². The third-order valence-corrected chi connectivity index (χ3v) is 3.87. The highest BCUT2D eigenvalue weighted by atomic mass is 16.1. The average Bonchev–Trinajstić information content (AvgIpc) is 2.51. The molecule has 3 rings (SSSR count). The number of nitrogens with zero attached hydrogens (tertiary/aromatic N) is 1. The van der Waals surface area contributed by atoms with Crippen LogP contribution in [0, 0.1) is 0 Å². The van der Waals surface area contributed by atoms with Gasteiger partial charge in [0.1, 0.15) is 6.29 Å². The number of H-pyrrole nitrogens is 1. The zero-order chi connectivity index (χ0) is 13.9. The fraction of sp³-hybridized carbons (Fsp3) is 0.312. The molecule has 0 saturated carbocycles. The summed E-state index contributed by atoms with van der Waals surface area (Å²) in [6.45, 7) is 0. The molecule has 0 saturated heterocycles. The highest BCUT2D eigenvalue weighted by Crippen LogP contribution is 2.21. The Bertz CT molecular complexity index is 687. The number of hydrogen-bond acceptors (Lipinski definition) is 3. The van der Waals surface area contributed by atoms with E-state index in [0.29, 0.717) is 12.0 Å². The Morgan fingerprint density at radius 1 is 1.10 bits per heavy atom. The van der Waals surface area contributed by atoms with Crippen LogP contribution >= 0.6 is 0 Å². The Labute approximate surface area is 116 Å². The summed E-state index contributed by atoms with van der Waals surface area (Å²) in [5.41, 5.74) is 4.72. The molecule has 1 aliphatic rings. The van der Waals surface area contributed by atoms with Crippen molar-refractivity contribution in [1.29, 1.82) is 0 Å². The molecule has 0 spiro atoms. The molecule has 0 radical (unpaired) electrons. The monoisotopic (exact) mass is 268 g/mol. The minimum atomic E-state index is -0.0419. The number of aromatic nitrogens is 2. The summed E-state index contributed by atoms with van der Waals surface area (Å²) >= 11 is 0. The number of benzene rings is 1. The molecule has 1 aromatic carbocycles. The second-order valence-corrected chi connectivity index (χ2v) is 5.20. The van der Waals surface area contributed by atoms with Gasteiger partial charge in [-0.25, -0.2) is 5.10 Å². The van der Waals surface area contributed by atoms with Gasteiger partial charge in [-0.05, 0) is 36.8 Å². The zero-order valence-corrected chi connectivity index (χ0v) is 11.2. The lowest BCUT2D eigenvalue weighted by molar-refractivity contribution is 0.112. The minimum absolute atomic E-state index is 0.0419. The van der Waals surface area contributed by atoms with Crippen LogP contribution in [0.2, 0.25) is 0 Å². The second-order valence-electron chi connectivity index (χ2n) is 5.20. The van der Waals surface area contributed by atoms with E-state index < -0.39 is 0 Å². The molecule has 2 aromatic rings. The summed E-state index contributed by atoms with van der Waals surface area (Å²) in [5, 5.41) is 6.83. The molecule has 4 heteroatoms. The normalized spacial score (nSPS) is 13.8. The molecule has 0 bridgehead atoms. The number of carbonyl (C=O) groups is 1. The van der Waals surface area contributed by atoms with Crippen LogP contribution in [0.5, 0.6) is 0 Å². The Morgan fingerprint density at radius 3 is 2.50 bits per heavy atom. The van der Waals surface area contributed by atoms with E-state index in [2.05, 4.69) is 10.2 Å². The van der Waals surface area contributed by atoms with Crippen LogP contribution in [0.4, 0.5) is 0 Å². The van der Waals surface area contributed by atoms with Crippen molar-refractivity contribution < 1.29 is 4.79 Å². The fourth-order valence-electron chi connectivity index (χ4n) is 2.78. The maximum absolute atomic E-state index is 11.8.